The Morgan fingerprint density at radius 1 is 1.05 bits per heavy atom. The van der Waals surface area contributed by atoms with E-state index in [0.29, 0.717) is 0 Å². The Balaban J connectivity index is 0.000000154. The van der Waals surface area contributed by atoms with Gasteiger partial charge in [0.1, 0.15) is 0 Å². The van der Waals surface area contributed by atoms with Gasteiger partial charge in [-0.05, 0) is 42.5 Å². The zero-order valence-corrected chi connectivity index (χ0v) is 12.5. The van der Waals surface area contributed by atoms with E-state index in [4.69, 9.17) is 4.55 Å². The predicted molar refractivity (Wildman–Crippen MR) is 83.3 cm³/mol. The summed E-state index contributed by atoms with van der Waals surface area (Å²) in [6.07, 6.45) is 4.08. The molecule has 0 atom stereocenters. The Morgan fingerprint density at radius 3 is 2.33 bits per heavy atom. The second-order valence-electron chi connectivity index (χ2n) is 4.70. The van der Waals surface area contributed by atoms with E-state index in [2.05, 4.69) is 35.7 Å². The third-order valence-corrected chi connectivity index (χ3v) is 3.92. The van der Waals surface area contributed by atoms with Gasteiger partial charge in [0.25, 0.3) is 10.1 Å². The maximum absolute atomic E-state index is 10.5. The minimum Gasteiger partial charge on any atom is -0.387 e. The Morgan fingerprint density at radius 2 is 1.71 bits per heavy atom. The van der Waals surface area contributed by atoms with Crippen LogP contribution in [0.1, 0.15) is 16.7 Å². The fraction of sp³-hybridized carbons (Fsp3) is 0.125. The van der Waals surface area contributed by atoms with Crippen molar-refractivity contribution in [3.05, 3.63) is 71.4 Å². The van der Waals surface area contributed by atoms with Crippen LogP contribution in [-0.4, -0.2) is 13.0 Å². The molecule has 1 heterocycles. The molecule has 0 unspecified atom stereocenters. The predicted octanol–water partition coefficient (Wildman–Crippen LogP) is 3.00. The number of nitrogens with one attached hydrogen (secondary N) is 1. The first-order valence-electron chi connectivity index (χ1n) is 6.49. The quantitative estimate of drug-likeness (QED) is 0.795. The van der Waals surface area contributed by atoms with Crippen LogP contribution >= 0.6 is 0 Å². The highest BCUT2D eigenvalue weighted by molar-refractivity contribution is 7.85. The molecule has 0 radical (unpaired) electrons. The van der Waals surface area contributed by atoms with E-state index in [-0.39, 0.29) is 4.90 Å². The molecule has 4 nitrogen and oxygen atoms in total. The van der Waals surface area contributed by atoms with Gasteiger partial charge in [-0.2, -0.15) is 8.42 Å². The number of benzene rings is 2. The lowest BCUT2D eigenvalue weighted by Crippen LogP contribution is -2.09. The lowest BCUT2D eigenvalue weighted by molar-refractivity contribution is 0.483. The maximum Gasteiger partial charge on any atom is 0.294 e. The van der Waals surface area contributed by atoms with E-state index < -0.39 is 10.1 Å². The zero-order valence-electron chi connectivity index (χ0n) is 11.7. The molecular weight excluding hydrogens is 286 g/mol. The van der Waals surface area contributed by atoms with Crippen LogP contribution in [0.25, 0.3) is 6.08 Å². The number of aryl methyl sites for hydroxylation is 1. The Bertz CT molecular complexity index is 734. The lowest BCUT2D eigenvalue weighted by atomic mass is 10.1. The Hall–Kier alpha value is -2.11. The third-order valence-electron chi connectivity index (χ3n) is 3.05. The van der Waals surface area contributed by atoms with Crippen LogP contribution in [0.2, 0.25) is 0 Å². The fourth-order valence-electron chi connectivity index (χ4n) is 1.89. The molecule has 1 aliphatic heterocycles. The highest BCUT2D eigenvalue weighted by atomic mass is 32.2. The second kappa shape index (κ2) is 6.56. The van der Waals surface area contributed by atoms with Crippen molar-refractivity contribution in [2.45, 2.75) is 18.4 Å². The minimum atomic E-state index is -4.02. The van der Waals surface area contributed by atoms with E-state index in [1.54, 1.807) is 12.1 Å². The van der Waals surface area contributed by atoms with Gasteiger partial charge in [0.05, 0.1) is 4.90 Å². The average molecular weight is 303 g/mol. The van der Waals surface area contributed by atoms with Gasteiger partial charge in [-0.15, -0.1) is 0 Å². The number of fused-ring (bicyclic) bond motifs is 1. The molecule has 0 saturated heterocycles. The molecule has 5 heteroatoms. The summed E-state index contributed by atoms with van der Waals surface area (Å²) in [5, 5.41) is 3.16. The van der Waals surface area contributed by atoms with E-state index in [0.717, 1.165) is 12.1 Å². The highest BCUT2D eigenvalue weighted by Crippen LogP contribution is 2.12. The van der Waals surface area contributed by atoms with Crippen LogP contribution in [0.4, 0.5) is 0 Å². The molecule has 21 heavy (non-hydrogen) atoms. The molecular formula is C16H17NO3S. The van der Waals surface area contributed by atoms with Gasteiger partial charge in [-0.1, -0.05) is 42.0 Å². The average Bonchev–Trinajstić information content (AvgIpc) is 2.47. The van der Waals surface area contributed by atoms with Crippen LogP contribution in [0.3, 0.4) is 0 Å². The summed E-state index contributed by atoms with van der Waals surface area (Å²) in [5.41, 5.74) is 3.67. The maximum atomic E-state index is 10.5. The summed E-state index contributed by atoms with van der Waals surface area (Å²) in [6.45, 7) is 2.81. The molecule has 2 aromatic carbocycles. The molecule has 2 N–H and O–H groups in total. The molecule has 0 amide bonds. The molecule has 0 spiro atoms. The van der Waals surface area contributed by atoms with Crippen LogP contribution in [0, 0.1) is 6.92 Å². The second-order valence-corrected chi connectivity index (χ2v) is 6.12. The molecule has 110 valence electrons. The molecule has 2 aromatic rings. The minimum absolute atomic E-state index is 0.0666. The van der Waals surface area contributed by atoms with Gasteiger partial charge in [-0.3, -0.25) is 4.55 Å². The first-order valence-corrected chi connectivity index (χ1v) is 7.93. The highest BCUT2D eigenvalue weighted by Gasteiger charge is 2.06. The van der Waals surface area contributed by atoms with E-state index >= 15 is 0 Å². The molecule has 0 saturated carbocycles. The summed E-state index contributed by atoms with van der Waals surface area (Å²) in [4.78, 5) is -0.0666. The monoisotopic (exact) mass is 303 g/mol. The largest absolute Gasteiger partial charge is 0.387 e. The van der Waals surface area contributed by atoms with Crippen LogP contribution in [0.5, 0.6) is 0 Å². The van der Waals surface area contributed by atoms with Crippen molar-refractivity contribution in [3.63, 3.8) is 0 Å². The lowest BCUT2D eigenvalue weighted by Gasteiger charge is -2.10. The van der Waals surface area contributed by atoms with Gasteiger partial charge in [0.15, 0.2) is 0 Å². The zero-order chi connectivity index (χ0) is 15.3. The number of hydrogen-bond acceptors (Lipinski definition) is 3. The smallest absolute Gasteiger partial charge is 0.294 e. The van der Waals surface area contributed by atoms with Gasteiger partial charge < -0.3 is 5.32 Å². The van der Waals surface area contributed by atoms with Gasteiger partial charge in [0.2, 0.25) is 0 Å². The summed E-state index contributed by atoms with van der Waals surface area (Å²) in [6, 6.07) is 14.4. The molecule has 0 fully saturated rings. The van der Waals surface area contributed by atoms with Crippen molar-refractivity contribution >= 4 is 16.2 Å². The number of hydrogen-bond donors (Lipinski definition) is 2. The van der Waals surface area contributed by atoms with Crippen molar-refractivity contribution in [3.8, 4) is 0 Å². The first-order chi connectivity index (χ1) is 9.97. The standard InChI is InChI=1S/C9H9N.C7H8O3S/c1-2-4-9-7-10-6-5-8(9)3-1;1-6-2-4-7(5-3-6)11(8,9)10/h1-6,10H,7H2;2-5H,1H3,(H,8,9,10). The van der Waals surface area contributed by atoms with Gasteiger partial charge in [0, 0.05) is 6.54 Å². The van der Waals surface area contributed by atoms with Crippen LogP contribution in [-0.2, 0) is 16.7 Å². The van der Waals surface area contributed by atoms with Crippen molar-refractivity contribution in [1.82, 2.24) is 5.32 Å². The number of rotatable bonds is 1. The van der Waals surface area contributed by atoms with Gasteiger partial charge in [-0.25, -0.2) is 0 Å². The van der Waals surface area contributed by atoms with E-state index in [1.807, 2.05) is 13.1 Å². The van der Waals surface area contributed by atoms with Crippen molar-refractivity contribution < 1.29 is 13.0 Å². The van der Waals surface area contributed by atoms with Crippen molar-refractivity contribution in [1.29, 1.82) is 0 Å². The van der Waals surface area contributed by atoms with Crippen LogP contribution in [0.15, 0.2) is 59.6 Å². The molecule has 3 rings (SSSR count). The molecule has 0 aliphatic carbocycles. The SMILES string of the molecule is C1=Cc2ccccc2CN1.Cc1ccc(S(=O)(=O)O)cc1. The first kappa shape index (κ1) is 15.3. The van der Waals surface area contributed by atoms with E-state index in [9.17, 15) is 8.42 Å². The summed E-state index contributed by atoms with van der Waals surface area (Å²) < 4.78 is 29.6. The van der Waals surface area contributed by atoms with Gasteiger partial charge >= 0.3 is 0 Å². The topological polar surface area (TPSA) is 66.4 Å². The van der Waals surface area contributed by atoms with Crippen LogP contribution < -0.4 is 5.32 Å². The van der Waals surface area contributed by atoms with Crippen molar-refractivity contribution in [2.24, 2.45) is 0 Å². The summed E-state index contributed by atoms with van der Waals surface area (Å²) in [5.74, 6) is 0. The fourth-order valence-corrected chi connectivity index (χ4v) is 2.37. The molecule has 0 bridgehead atoms. The van der Waals surface area contributed by atoms with Crippen molar-refractivity contribution in [2.75, 3.05) is 0 Å². The normalized spacial score (nSPS) is 12.7. The molecule has 0 aromatic heterocycles. The van der Waals surface area contributed by atoms with E-state index in [1.165, 1.54) is 23.3 Å². The Kier molecular flexibility index (Phi) is 4.77. The molecule has 1 aliphatic rings. The Labute approximate surface area is 124 Å². The summed E-state index contributed by atoms with van der Waals surface area (Å²) >= 11 is 0. The summed E-state index contributed by atoms with van der Waals surface area (Å²) in [7, 11) is -4.02. The third kappa shape index (κ3) is 4.44.